The molecule has 1 aliphatic heterocycles. The molecule has 0 saturated carbocycles. The van der Waals surface area contributed by atoms with Crippen LogP contribution < -0.4 is 9.47 Å². The highest BCUT2D eigenvalue weighted by Crippen LogP contribution is 2.45. The average molecular weight is 351 g/mol. The van der Waals surface area contributed by atoms with Gasteiger partial charge in [-0.15, -0.1) is 0 Å². The molecule has 3 rings (SSSR count). The second-order valence-electron chi connectivity index (χ2n) is 5.25. The lowest BCUT2D eigenvalue weighted by Gasteiger charge is -2.15. The second kappa shape index (κ2) is 6.77. The van der Waals surface area contributed by atoms with Crippen molar-refractivity contribution in [3.8, 4) is 11.5 Å². The lowest BCUT2D eigenvalue weighted by atomic mass is 9.97. The number of rotatable bonds is 4. The Morgan fingerprint density at radius 1 is 0.913 bits per heavy atom. The third-order valence-electron chi connectivity index (χ3n) is 3.92. The van der Waals surface area contributed by atoms with Crippen LogP contribution in [0.25, 0.3) is 0 Å². The van der Waals surface area contributed by atoms with E-state index >= 15 is 0 Å². The van der Waals surface area contributed by atoms with E-state index in [1.807, 2.05) is 36.4 Å². The first-order valence-corrected chi connectivity index (χ1v) is 7.95. The number of benzene rings is 2. The predicted molar refractivity (Wildman–Crippen MR) is 91.0 cm³/mol. The zero-order valence-corrected chi connectivity index (χ0v) is 14.3. The minimum Gasteiger partial charge on any atom is -0.493 e. The molecule has 0 fully saturated rings. The number of hydrogen-bond donors (Lipinski definition) is 0. The molecule has 1 aliphatic rings. The SMILES string of the molecule is COc1ccc(C2CC(c3ccc(Cl)cc3)N=N2)c(Cl)c1OC. The van der Waals surface area contributed by atoms with Crippen molar-refractivity contribution in [1.29, 1.82) is 0 Å². The van der Waals surface area contributed by atoms with Gasteiger partial charge in [-0.05, 0) is 23.8 Å². The van der Waals surface area contributed by atoms with Gasteiger partial charge in [-0.25, -0.2) is 0 Å². The summed E-state index contributed by atoms with van der Waals surface area (Å²) in [6, 6.07) is 11.4. The molecule has 2 aromatic rings. The van der Waals surface area contributed by atoms with Gasteiger partial charge in [-0.1, -0.05) is 41.4 Å². The Balaban J connectivity index is 1.85. The minimum absolute atomic E-state index is 0.0152. The zero-order chi connectivity index (χ0) is 16.4. The summed E-state index contributed by atoms with van der Waals surface area (Å²) in [7, 11) is 3.15. The molecule has 0 amide bonds. The quantitative estimate of drug-likeness (QED) is 0.714. The van der Waals surface area contributed by atoms with E-state index in [1.165, 1.54) is 0 Å². The smallest absolute Gasteiger partial charge is 0.179 e. The van der Waals surface area contributed by atoms with Crippen LogP contribution in [0.15, 0.2) is 46.6 Å². The van der Waals surface area contributed by atoms with Crippen molar-refractivity contribution in [2.45, 2.75) is 18.5 Å². The molecule has 0 radical (unpaired) electrons. The standard InChI is InChI=1S/C17H16Cl2N2O2/c1-22-15-8-7-12(16(19)17(15)23-2)14-9-13(20-21-14)10-3-5-11(18)6-4-10/h3-8,13-14H,9H2,1-2H3. The summed E-state index contributed by atoms with van der Waals surface area (Å²) in [5.41, 5.74) is 1.99. The number of nitrogens with zero attached hydrogens (tertiary/aromatic N) is 2. The van der Waals surface area contributed by atoms with Crippen LogP contribution in [-0.4, -0.2) is 14.2 Å². The fourth-order valence-electron chi connectivity index (χ4n) is 2.71. The van der Waals surface area contributed by atoms with Crippen molar-refractivity contribution in [3.63, 3.8) is 0 Å². The van der Waals surface area contributed by atoms with Crippen LogP contribution in [0, 0.1) is 0 Å². The molecule has 23 heavy (non-hydrogen) atoms. The first kappa shape index (κ1) is 16.1. The van der Waals surface area contributed by atoms with Crippen LogP contribution in [0.1, 0.15) is 29.6 Å². The van der Waals surface area contributed by atoms with Crippen molar-refractivity contribution in [2.75, 3.05) is 14.2 Å². The Hall–Kier alpha value is -1.78. The van der Waals surface area contributed by atoms with E-state index in [2.05, 4.69) is 10.2 Å². The summed E-state index contributed by atoms with van der Waals surface area (Å²) in [5, 5.41) is 10.0. The first-order valence-electron chi connectivity index (χ1n) is 7.20. The Bertz CT molecular complexity index is 732. The normalized spacial score (nSPS) is 19.8. The highest BCUT2D eigenvalue weighted by atomic mass is 35.5. The van der Waals surface area contributed by atoms with Crippen molar-refractivity contribution >= 4 is 23.2 Å². The van der Waals surface area contributed by atoms with Gasteiger partial charge in [-0.2, -0.15) is 10.2 Å². The molecule has 1 heterocycles. The van der Waals surface area contributed by atoms with E-state index < -0.39 is 0 Å². The van der Waals surface area contributed by atoms with Crippen molar-refractivity contribution in [1.82, 2.24) is 0 Å². The Labute approximate surface area is 145 Å². The summed E-state index contributed by atoms with van der Waals surface area (Å²) in [5.74, 6) is 1.13. The van der Waals surface area contributed by atoms with Crippen LogP contribution in [-0.2, 0) is 0 Å². The largest absolute Gasteiger partial charge is 0.493 e. The predicted octanol–water partition coefficient (Wildman–Crippen LogP) is 5.65. The average Bonchev–Trinajstić information content (AvgIpc) is 3.04. The molecule has 0 spiro atoms. The van der Waals surface area contributed by atoms with Crippen LogP contribution in [0.3, 0.4) is 0 Å². The number of methoxy groups -OCH3 is 2. The molecule has 0 bridgehead atoms. The van der Waals surface area contributed by atoms with E-state index in [0.29, 0.717) is 21.5 Å². The topological polar surface area (TPSA) is 43.2 Å². The van der Waals surface area contributed by atoms with Crippen LogP contribution in [0.5, 0.6) is 11.5 Å². The maximum absolute atomic E-state index is 6.46. The molecule has 0 saturated heterocycles. The van der Waals surface area contributed by atoms with Crippen LogP contribution in [0.4, 0.5) is 0 Å². The molecule has 2 aromatic carbocycles. The fourth-order valence-corrected chi connectivity index (χ4v) is 3.19. The summed E-state index contributed by atoms with van der Waals surface area (Å²) in [6.45, 7) is 0. The zero-order valence-electron chi connectivity index (χ0n) is 12.8. The third-order valence-corrected chi connectivity index (χ3v) is 4.56. The van der Waals surface area contributed by atoms with Gasteiger partial charge < -0.3 is 9.47 Å². The lowest BCUT2D eigenvalue weighted by molar-refractivity contribution is 0.354. The first-order chi connectivity index (χ1) is 11.1. The third kappa shape index (κ3) is 3.14. The Morgan fingerprint density at radius 2 is 1.61 bits per heavy atom. The van der Waals surface area contributed by atoms with E-state index in [-0.39, 0.29) is 12.1 Å². The summed E-state index contributed by atoms with van der Waals surface area (Å²) < 4.78 is 10.6. The van der Waals surface area contributed by atoms with Gasteiger partial charge in [0.1, 0.15) is 0 Å². The maximum atomic E-state index is 6.46. The van der Waals surface area contributed by atoms with E-state index in [9.17, 15) is 0 Å². The molecule has 4 nitrogen and oxygen atoms in total. The Morgan fingerprint density at radius 3 is 2.26 bits per heavy atom. The molecule has 0 aliphatic carbocycles. The van der Waals surface area contributed by atoms with E-state index in [0.717, 1.165) is 17.5 Å². The number of hydrogen-bond acceptors (Lipinski definition) is 4. The molecule has 2 atom stereocenters. The highest BCUT2D eigenvalue weighted by Gasteiger charge is 2.28. The molecular weight excluding hydrogens is 335 g/mol. The van der Waals surface area contributed by atoms with Gasteiger partial charge in [-0.3, -0.25) is 0 Å². The fraction of sp³-hybridized carbons (Fsp3) is 0.294. The minimum atomic E-state index is -0.0945. The number of ether oxygens (including phenoxy) is 2. The van der Waals surface area contributed by atoms with Gasteiger partial charge in [0.2, 0.25) is 0 Å². The summed E-state index contributed by atoms with van der Waals surface area (Å²) >= 11 is 12.4. The molecular formula is C17H16Cl2N2O2. The number of azo groups is 1. The lowest BCUT2D eigenvalue weighted by Crippen LogP contribution is -2.00. The van der Waals surface area contributed by atoms with Gasteiger partial charge >= 0.3 is 0 Å². The van der Waals surface area contributed by atoms with Crippen molar-refractivity contribution < 1.29 is 9.47 Å². The van der Waals surface area contributed by atoms with Gasteiger partial charge in [0.25, 0.3) is 0 Å². The van der Waals surface area contributed by atoms with Crippen molar-refractivity contribution in [3.05, 3.63) is 57.6 Å². The Kier molecular flexibility index (Phi) is 4.74. The van der Waals surface area contributed by atoms with Crippen LogP contribution >= 0.6 is 23.2 Å². The van der Waals surface area contributed by atoms with Gasteiger partial charge in [0, 0.05) is 17.0 Å². The molecule has 0 N–H and O–H groups in total. The molecule has 6 heteroatoms. The second-order valence-corrected chi connectivity index (χ2v) is 6.07. The van der Waals surface area contributed by atoms with Gasteiger partial charge in [0.05, 0.1) is 31.3 Å². The highest BCUT2D eigenvalue weighted by molar-refractivity contribution is 6.33. The number of halogens is 2. The van der Waals surface area contributed by atoms with Gasteiger partial charge in [0.15, 0.2) is 11.5 Å². The molecule has 0 aromatic heterocycles. The van der Waals surface area contributed by atoms with E-state index in [4.69, 9.17) is 32.7 Å². The monoisotopic (exact) mass is 350 g/mol. The molecule has 120 valence electrons. The summed E-state index contributed by atoms with van der Waals surface area (Å²) in [6.07, 6.45) is 0.761. The summed E-state index contributed by atoms with van der Waals surface area (Å²) in [4.78, 5) is 0. The van der Waals surface area contributed by atoms with Crippen molar-refractivity contribution in [2.24, 2.45) is 10.2 Å². The van der Waals surface area contributed by atoms with E-state index in [1.54, 1.807) is 14.2 Å². The van der Waals surface area contributed by atoms with Crippen LogP contribution in [0.2, 0.25) is 10.0 Å². The molecule has 2 unspecified atom stereocenters. The maximum Gasteiger partial charge on any atom is 0.179 e.